The number of halogens is 1. The summed E-state index contributed by atoms with van der Waals surface area (Å²) in [6.45, 7) is 3.71. The van der Waals surface area contributed by atoms with Crippen molar-refractivity contribution >= 4 is 57.4 Å². The molecule has 1 saturated heterocycles. The standard InChI is InChI=1S/C29H26ClN3O3/c1-16-10-19(16)21-14-25-20(13-22(21)28(31)34)18(6-7-32-25)5-4-17-11-24(30)27-23(15-36-26(27)12-17)29(35)33-8-2-3-9-33/h4-7,11-16,19H,2-3,8-10H2,1H3,(H2,31,34)/b5-4+. The molecule has 7 heteroatoms. The number of amides is 2. The molecule has 2 aromatic carbocycles. The Morgan fingerprint density at radius 1 is 1.14 bits per heavy atom. The number of carbonyl (C=O) groups is 2. The maximum Gasteiger partial charge on any atom is 0.257 e. The second-order valence-electron chi connectivity index (χ2n) is 9.90. The van der Waals surface area contributed by atoms with E-state index in [0.717, 1.165) is 59.9 Å². The number of hydrogen-bond donors (Lipinski definition) is 1. The van der Waals surface area contributed by atoms with Crippen molar-refractivity contribution in [2.75, 3.05) is 13.1 Å². The molecule has 36 heavy (non-hydrogen) atoms. The number of nitrogens with zero attached hydrogens (tertiary/aromatic N) is 2. The van der Waals surface area contributed by atoms with Gasteiger partial charge in [-0.3, -0.25) is 14.6 Å². The molecule has 2 amide bonds. The number of carbonyl (C=O) groups excluding carboxylic acids is 2. The van der Waals surface area contributed by atoms with E-state index in [4.69, 9.17) is 21.8 Å². The van der Waals surface area contributed by atoms with Crippen LogP contribution in [0, 0.1) is 5.92 Å². The third kappa shape index (κ3) is 3.95. The predicted molar refractivity (Wildman–Crippen MR) is 142 cm³/mol. The average Bonchev–Trinajstić information content (AvgIpc) is 3.25. The molecular formula is C29H26ClN3O3. The summed E-state index contributed by atoms with van der Waals surface area (Å²) < 4.78 is 5.74. The molecular weight excluding hydrogens is 474 g/mol. The van der Waals surface area contributed by atoms with Crippen LogP contribution >= 0.6 is 11.6 Å². The van der Waals surface area contributed by atoms with E-state index >= 15 is 0 Å². The minimum Gasteiger partial charge on any atom is -0.463 e. The highest BCUT2D eigenvalue weighted by Gasteiger charge is 2.36. The summed E-state index contributed by atoms with van der Waals surface area (Å²) in [7, 11) is 0. The zero-order chi connectivity index (χ0) is 25.0. The van der Waals surface area contributed by atoms with Crippen LogP contribution in [-0.2, 0) is 0 Å². The number of likely N-dealkylation sites (tertiary alicyclic amines) is 1. The van der Waals surface area contributed by atoms with E-state index in [0.29, 0.717) is 39.0 Å². The van der Waals surface area contributed by atoms with Crippen LogP contribution in [0.4, 0.5) is 0 Å². The van der Waals surface area contributed by atoms with Gasteiger partial charge in [-0.2, -0.15) is 0 Å². The third-order valence-corrected chi connectivity index (χ3v) is 7.75. The number of rotatable bonds is 5. The van der Waals surface area contributed by atoms with Crippen LogP contribution in [0.25, 0.3) is 34.0 Å². The van der Waals surface area contributed by atoms with Gasteiger partial charge in [-0.05, 0) is 78.1 Å². The van der Waals surface area contributed by atoms with Crippen LogP contribution in [0.5, 0.6) is 0 Å². The summed E-state index contributed by atoms with van der Waals surface area (Å²) >= 11 is 6.63. The smallest absolute Gasteiger partial charge is 0.257 e. The molecule has 6 nitrogen and oxygen atoms in total. The molecule has 6 rings (SSSR count). The normalized spacial score (nSPS) is 19.6. The molecule has 2 aromatic heterocycles. The van der Waals surface area contributed by atoms with Gasteiger partial charge in [0.15, 0.2) is 0 Å². The number of fused-ring (bicyclic) bond motifs is 2. The van der Waals surface area contributed by atoms with Crippen molar-refractivity contribution in [2.45, 2.75) is 32.1 Å². The molecule has 182 valence electrons. The van der Waals surface area contributed by atoms with Crippen molar-refractivity contribution in [3.63, 3.8) is 0 Å². The first-order valence-corrected chi connectivity index (χ1v) is 12.7. The Hall–Kier alpha value is -3.64. The molecule has 4 aromatic rings. The first-order chi connectivity index (χ1) is 17.4. The average molecular weight is 500 g/mol. The molecule has 2 fully saturated rings. The largest absolute Gasteiger partial charge is 0.463 e. The fraction of sp³-hybridized carbons (Fsp3) is 0.276. The Morgan fingerprint density at radius 3 is 2.64 bits per heavy atom. The number of nitrogens with two attached hydrogens (primary N) is 1. The molecule has 1 aliphatic carbocycles. The molecule has 0 bridgehead atoms. The predicted octanol–water partition coefficient (Wildman–Crippen LogP) is 6.26. The van der Waals surface area contributed by atoms with Crippen molar-refractivity contribution in [1.82, 2.24) is 9.88 Å². The Labute approximate surface area is 213 Å². The van der Waals surface area contributed by atoms with E-state index < -0.39 is 5.91 Å². The number of primary amides is 1. The van der Waals surface area contributed by atoms with E-state index in [-0.39, 0.29) is 5.91 Å². The molecule has 3 heterocycles. The fourth-order valence-corrected chi connectivity index (χ4v) is 5.64. The van der Waals surface area contributed by atoms with Gasteiger partial charge >= 0.3 is 0 Å². The lowest BCUT2D eigenvalue weighted by molar-refractivity contribution is 0.0793. The summed E-state index contributed by atoms with van der Waals surface area (Å²) in [6.07, 6.45) is 10.3. The van der Waals surface area contributed by atoms with Gasteiger partial charge in [-0.15, -0.1) is 0 Å². The summed E-state index contributed by atoms with van der Waals surface area (Å²) in [5.74, 6) is 0.461. The van der Waals surface area contributed by atoms with E-state index in [1.54, 1.807) is 6.20 Å². The Morgan fingerprint density at radius 2 is 1.92 bits per heavy atom. The molecule has 2 atom stereocenters. The summed E-state index contributed by atoms with van der Waals surface area (Å²) in [6, 6.07) is 9.49. The van der Waals surface area contributed by atoms with Crippen LogP contribution in [-0.4, -0.2) is 34.8 Å². The first kappa shape index (κ1) is 22.8. The number of pyridine rings is 1. The summed E-state index contributed by atoms with van der Waals surface area (Å²) in [4.78, 5) is 31.5. The van der Waals surface area contributed by atoms with Crippen LogP contribution in [0.15, 0.2) is 47.2 Å². The number of furan rings is 1. The van der Waals surface area contributed by atoms with Crippen molar-refractivity contribution in [3.05, 3.63) is 75.6 Å². The topological polar surface area (TPSA) is 89.4 Å². The molecule has 1 saturated carbocycles. The zero-order valence-electron chi connectivity index (χ0n) is 20.0. The van der Waals surface area contributed by atoms with Crippen molar-refractivity contribution in [3.8, 4) is 0 Å². The molecule has 2 unspecified atom stereocenters. The maximum absolute atomic E-state index is 12.9. The van der Waals surface area contributed by atoms with E-state index in [1.807, 2.05) is 47.4 Å². The van der Waals surface area contributed by atoms with Gasteiger partial charge in [0, 0.05) is 30.2 Å². The highest BCUT2D eigenvalue weighted by atomic mass is 35.5. The summed E-state index contributed by atoms with van der Waals surface area (Å²) in [5.41, 5.74) is 11.0. The van der Waals surface area contributed by atoms with Crippen molar-refractivity contribution in [1.29, 1.82) is 0 Å². The number of benzene rings is 2. The molecule has 0 spiro atoms. The lowest BCUT2D eigenvalue weighted by atomic mass is 9.96. The highest BCUT2D eigenvalue weighted by Crippen LogP contribution is 2.48. The van der Waals surface area contributed by atoms with Gasteiger partial charge in [0.25, 0.3) is 5.91 Å². The quantitative estimate of drug-likeness (QED) is 0.350. The minimum atomic E-state index is -0.417. The maximum atomic E-state index is 12.9. The number of hydrogen-bond acceptors (Lipinski definition) is 4. The molecule has 0 radical (unpaired) electrons. The van der Waals surface area contributed by atoms with Gasteiger partial charge in [0.1, 0.15) is 11.8 Å². The first-order valence-electron chi connectivity index (χ1n) is 12.3. The van der Waals surface area contributed by atoms with Gasteiger partial charge in [0.05, 0.1) is 21.5 Å². The van der Waals surface area contributed by atoms with Crippen molar-refractivity contribution < 1.29 is 14.0 Å². The van der Waals surface area contributed by atoms with Gasteiger partial charge in [-0.1, -0.05) is 30.7 Å². The SMILES string of the molecule is CC1CC1c1cc2nccc(/C=C/c3cc(Cl)c4c(C(=O)N5CCCC5)coc4c3)c2cc1C(N)=O. The van der Waals surface area contributed by atoms with Crippen LogP contribution in [0.2, 0.25) is 5.02 Å². The second-order valence-corrected chi connectivity index (χ2v) is 10.3. The monoisotopic (exact) mass is 499 g/mol. The molecule has 2 N–H and O–H groups in total. The third-order valence-electron chi connectivity index (χ3n) is 7.45. The van der Waals surface area contributed by atoms with Crippen LogP contribution < -0.4 is 5.73 Å². The van der Waals surface area contributed by atoms with Crippen LogP contribution in [0.3, 0.4) is 0 Å². The van der Waals surface area contributed by atoms with Crippen LogP contribution in [0.1, 0.15) is 69.5 Å². The lowest BCUT2D eigenvalue weighted by Gasteiger charge is -2.14. The summed E-state index contributed by atoms with van der Waals surface area (Å²) in [5, 5.41) is 1.98. The zero-order valence-corrected chi connectivity index (χ0v) is 20.7. The van der Waals surface area contributed by atoms with Crippen molar-refractivity contribution in [2.24, 2.45) is 11.7 Å². The second kappa shape index (κ2) is 8.79. The van der Waals surface area contributed by atoms with E-state index in [9.17, 15) is 9.59 Å². The Balaban J connectivity index is 1.35. The van der Waals surface area contributed by atoms with Gasteiger partial charge in [-0.25, -0.2) is 0 Å². The number of aromatic nitrogens is 1. The van der Waals surface area contributed by atoms with Gasteiger partial charge in [0.2, 0.25) is 5.91 Å². The minimum absolute atomic E-state index is 0.0371. The Kier molecular flexibility index (Phi) is 5.56. The highest BCUT2D eigenvalue weighted by molar-refractivity contribution is 6.37. The Bertz CT molecular complexity index is 1570. The molecule has 2 aliphatic rings. The van der Waals surface area contributed by atoms with Gasteiger partial charge < -0.3 is 15.1 Å². The fourth-order valence-electron chi connectivity index (χ4n) is 5.32. The lowest BCUT2D eigenvalue weighted by Crippen LogP contribution is -2.27. The molecule has 1 aliphatic heterocycles. The van der Waals surface area contributed by atoms with E-state index in [1.165, 1.54) is 6.26 Å². The van der Waals surface area contributed by atoms with E-state index in [2.05, 4.69) is 11.9 Å².